The molecule has 0 radical (unpaired) electrons. The zero-order valence-electron chi connectivity index (χ0n) is 15.5. The van der Waals surface area contributed by atoms with Gasteiger partial charge in [-0.25, -0.2) is 0 Å². The number of carbonyl (C=O) groups excluding carboxylic acids is 1. The van der Waals surface area contributed by atoms with E-state index in [2.05, 4.69) is 22.4 Å². The molecular formula is C23H19NO3S. The van der Waals surface area contributed by atoms with Crippen LogP contribution in [0, 0.1) is 6.92 Å². The third kappa shape index (κ3) is 3.13. The molecule has 5 rings (SSSR count). The fourth-order valence-corrected chi connectivity index (χ4v) is 4.39. The lowest BCUT2D eigenvalue weighted by atomic mass is 10.0. The molecule has 1 aromatic heterocycles. The minimum atomic E-state index is -0.0744. The molecule has 28 heavy (non-hydrogen) atoms. The van der Waals surface area contributed by atoms with Crippen molar-refractivity contribution in [2.75, 3.05) is 6.73 Å². The highest BCUT2D eigenvalue weighted by molar-refractivity contribution is 7.09. The van der Waals surface area contributed by atoms with Crippen molar-refractivity contribution in [3.63, 3.8) is 0 Å². The smallest absolute Gasteiger partial charge is 0.231 e. The summed E-state index contributed by atoms with van der Waals surface area (Å²) < 4.78 is 12.0. The molecule has 140 valence electrons. The van der Waals surface area contributed by atoms with Gasteiger partial charge in [0, 0.05) is 18.0 Å². The van der Waals surface area contributed by atoms with E-state index in [0.717, 1.165) is 29.0 Å². The molecule has 0 unspecified atom stereocenters. The van der Waals surface area contributed by atoms with Gasteiger partial charge in [0.1, 0.15) is 18.2 Å². The Morgan fingerprint density at radius 3 is 2.93 bits per heavy atom. The molecule has 0 saturated carbocycles. The number of allylic oxidation sites excluding steroid dienone is 1. The number of ether oxygens (including phenoxy) is 2. The van der Waals surface area contributed by atoms with Crippen LogP contribution in [0.4, 0.5) is 0 Å². The Hall–Kier alpha value is -2.89. The van der Waals surface area contributed by atoms with Crippen LogP contribution >= 0.6 is 11.3 Å². The monoisotopic (exact) mass is 389 g/mol. The third-order valence-corrected chi connectivity index (χ3v) is 5.84. The molecule has 0 aliphatic carbocycles. The van der Waals surface area contributed by atoms with Gasteiger partial charge >= 0.3 is 0 Å². The maximum atomic E-state index is 12.9. The van der Waals surface area contributed by atoms with E-state index in [1.807, 2.05) is 49.4 Å². The summed E-state index contributed by atoms with van der Waals surface area (Å²) in [6, 6.07) is 15.9. The van der Waals surface area contributed by atoms with Crippen LogP contribution in [-0.2, 0) is 13.1 Å². The molecule has 2 aromatic carbocycles. The average molecular weight is 389 g/mol. The van der Waals surface area contributed by atoms with Crippen molar-refractivity contribution in [3.8, 4) is 11.5 Å². The highest BCUT2D eigenvalue weighted by Gasteiger charge is 2.33. The zero-order valence-corrected chi connectivity index (χ0v) is 16.3. The Morgan fingerprint density at radius 2 is 2.11 bits per heavy atom. The van der Waals surface area contributed by atoms with Gasteiger partial charge in [-0.2, -0.15) is 0 Å². The van der Waals surface area contributed by atoms with Gasteiger partial charge in [-0.05, 0) is 42.1 Å². The molecule has 5 heteroatoms. The summed E-state index contributed by atoms with van der Waals surface area (Å²) in [6.07, 6.45) is 1.81. The highest BCUT2D eigenvalue weighted by atomic mass is 32.1. The van der Waals surface area contributed by atoms with Crippen LogP contribution in [0.15, 0.2) is 59.7 Å². The van der Waals surface area contributed by atoms with Crippen LogP contribution in [0.25, 0.3) is 6.08 Å². The Kier molecular flexibility index (Phi) is 4.26. The number of hydrogen-bond acceptors (Lipinski definition) is 5. The van der Waals surface area contributed by atoms with Gasteiger partial charge in [0.05, 0.1) is 11.1 Å². The number of ketones is 1. The SMILES string of the molecule is Cc1cccc(/C=C2\Oc3c(ccc4c3CN(Cc3cccs3)CO4)C2=O)c1. The van der Waals surface area contributed by atoms with E-state index < -0.39 is 0 Å². The molecule has 0 amide bonds. The molecule has 0 bridgehead atoms. The van der Waals surface area contributed by atoms with Crippen molar-refractivity contribution in [3.05, 3.63) is 86.8 Å². The van der Waals surface area contributed by atoms with E-state index in [-0.39, 0.29) is 5.78 Å². The van der Waals surface area contributed by atoms with E-state index in [1.54, 1.807) is 11.3 Å². The molecule has 3 aromatic rings. The van der Waals surface area contributed by atoms with Gasteiger partial charge in [-0.15, -0.1) is 11.3 Å². The van der Waals surface area contributed by atoms with E-state index >= 15 is 0 Å². The Bertz CT molecular complexity index is 1090. The normalized spacial score (nSPS) is 17.2. The molecule has 2 aliphatic heterocycles. The van der Waals surface area contributed by atoms with Crippen molar-refractivity contribution in [2.24, 2.45) is 0 Å². The topological polar surface area (TPSA) is 38.8 Å². The van der Waals surface area contributed by atoms with Gasteiger partial charge in [0.25, 0.3) is 0 Å². The molecule has 0 fully saturated rings. The summed E-state index contributed by atoms with van der Waals surface area (Å²) in [5.41, 5.74) is 3.66. The van der Waals surface area contributed by atoms with Gasteiger partial charge in [-0.1, -0.05) is 35.9 Å². The fraction of sp³-hybridized carbons (Fsp3) is 0.174. The van der Waals surface area contributed by atoms with Crippen LogP contribution in [0.5, 0.6) is 11.5 Å². The second-order valence-electron chi connectivity index (χ2n) is 7.11. The molecule has 0 spiro atoms. The number of benzene rings is 2. The number of carbonyl (C=O) groups is 1. The highest BCUT2D eigenvalue weighted by Crippen LogP contribution is 2.42. The summed E-state index contributed by atoms with van der Waals surface area (Å²) >= 11 is 1.73. The second-order valence-corrected chi connectivity index (χ2v) is 8.14. The largest absolute Gasteiger partial charge is 0.478 e. The quantitative estimate of drug-likeness (QED) is 0.589. The number of hydrogen-bond donors (Lipinski definition) is 0. The summed E-state index contributed by atoms with van der Waals surface area (Å²) in [5.74, 6) is 1.72. The molecule has 0 saturated heterocycles. The van der Waals surface area contributed by atoms with Crippen molar-refractivity contribution in [1.82, 2.24) is 4.90 Å². The Morgan fingerprint density at radius 1 is 1.18 bits per heavy atom. The van der Waals surface area contributed by atoms with Crippen LogP contribution in [-0.4, -0.2) is 17.4 Å². The van der Waals surface area contributed by atoms with Gasteiger partial charge < -0.3 is 9.47 Å². The van der Waals surface area contributed by atoms with Crippen LogP contribution in [0.1, 0.15) is 31.9 Å². The molecular weight excluding hydrogens is 370 g/mol. The minimum Gasteiger partial charge on any atom is -0.478 e. The van der Waals surface area contributed by atoms with Crippen molar-refractivity contribution >= 4 is 23.2 Å². The molecule has 3 heterocycles. The van der Waals surface area contributed by atoms with Crippen molar-refractivity contribution < 1.29 is 14.3 Å². The fourth-order valence-electron chi connectivity index (χ4n) is 3.64. The lowest BCUT2D eigenvalue weighted by Gasteiger charge is -2.29. The maximum Gasteiger partial charge on any atom is 0.231 e. The first-order valence-electron chi connectivity index (χ1n) is 9.22. The maximum absolute atomic E-state index is 12.9. The number of nitrogens with zero attached hydrogens (tertiary/aromatic N) is 1. The number of rotatable bonds is 3. The number of fused-ring (bicyclic) bond motifs is 3. The first-order chi connectivity index (χ1) is 13.7. The molecule has 4 nitrogen and oxygen atoms in total. The van der Waals surface area contributed by atoms with E-state index in [0.29, 0.717) is 30.3 Å². The van der Waals surface area contributed by atoms with Gasteiger partial charge in [-0.3, -0.25) is 9.69 Å². The lowest BCUT2D eigenvalue weighted by molar-refractivity contribution is 0.0882. The third-order valence-electron chi connectivity index (χ3n) is 4.98. The number of aryl methyl sites for hydroxylation is 1. The predicted octanol–water partition coefficient (Wildman–Crippen LogP) is 5.02. The molecule has 0 atom stereocenters. The first kappa shape index (κ1) is 17.2. The molecule has 2 aliphatic rings. The Balaban J connectivity index is 1.45. The van der Waals surface area contributed by atoms with Crippen molar-refractivity contribution in [2.45, 2.75) is 20.0 Å². The summed E-state index contributed by atoms with van der Waals surface area (Å²) in [4.78, 5) is 16.4. The van der Waals surface area contributed by atoms with Crippen LogP contribution in [0.2, 0.25) is 0 Å². The van der Waals surface area contributed by atoms with Crippen molar-refractivity contribution in [1.29, 1.82) is 0 Å². The molecule has 0 N–H and O–H groups in total. The number of thiophene rings is 1. The standard InChI is InChI=1S/C23H19NO3S/c1-15-4-2-5-16(10-15)11-21-22(25)18-7-8-20-19(23(18)27-21)13-24(14-26-20)12-17-6-3-9-28-17/h2-11H,12-14H2,1H3/b21-11-. The minimum absolute atomic E-state index is 0.0744. The Labute approximate surface area is 167 Å². The van der Waals surface area contributed by atoms with E-state index in [1.165, 1.54) is 4.88 Å². The second kappa shape index (κ2) is 6.93. The average Bonchev–Trinajstić information content (AvgIpc) is 3.31. The van der Waals surface area contributed by atoms with Gasteiger partial charge in [0.15, 0.2) is 5.76 Å². The summed E-state index contributed by atoms with van der Waals surface area (Å²) in [6.45, 7) is 4.08. The van der Waals surface area contributed by atoms with Crippen LogP contribution < -0.4 is 9.47 Å². The summed E-state index contributed by atoms with van der Waals surface area (Å²) in [5, 5.41) is 2.08. The van der Waals surface area contributed by atoms with E-state index in [9.17, 15) is 4.79 Å². The summed E-state index contributed by atoms with van der Waals surface area (Å²) in [7, 11) is 0. The lowest BCUT2D eigenvalue weighted by Crippen LogP contribution is -2.31. The number of Topliss-reactive ketones (excluding diaryl/α,β-unsaturated/α-hetero) is 1. The zero-order chi connectivity index (χ0) is 19.1. The first-order valence-corrected chi connectivity index (χ1v) is 10.1. The predicted molar refractivity (Wildman–Crippen MR) is 110 cm³/mol. The van der Waals surface area contributed by atoms with E-state index in [4.69, 9.17) is 9.47 Å². The van der Waals surface area contributed by atoms with Crippen LogP contribution in [0.3, 0.4) is 0 Å². The van der Waals surface area contributed by atoms with Gasteiger partial charge in [0.2, 0.25) is 5.78 Å².